The summed E-state index contributed by atoms with van der Waals surface area (Å²) in [7, 11) is 0. The van der Waals surface area contributed by atoms with Crippen molar-refractivity contribution in [3.8, 4) is 0 Å². The van der Waals surface area contributed by atoms with Gasteiger partial charge < -0.3 is 9.84 Å². The van der Waals surface area contributed by atoms with Gasteiger partial charge in [-0.1, -0.05) is 11.6 Å². The van der Waals surface area contributed by atoms with Gasteiger partial charge in [0.25, 0.3) is 5.92 Å². The number of aliphatic hydroxyl groups excluding tert-OH is 1. The maximum Gasteiger partial charge on any atom is 0.412 e. The molecular formula is C15H18ClF2N5O3. The Labute approximate surface area is 152 Å². The Balaban J connectivity index is 2.12. The number of aromatic nitrogens is 4. The summed E-state index contributed by atoms with van der Waals surface area (Å²) >= 11 is 6.04. The van der Waals surface area contributed by atoms with E-state index >= 15 is 0 Å². The number of halogens is 3. The maximum atomic E-state index is 14.8. The van der Waals surface area contributed by atoms with Crippen LogP contribution in [0.4, 0.5) is 13.6 Å². The van der Waals surface area contributed by atoms with Crippen LogP contribution in [-0.2, 0) is 4.74 Å². The van der Waals surface area contributed by atoms with E-state index in [4.69, 9.17) is 16.3 Å². The van der Waals surface area contributed by atoms with E-state index in [0.717, 1.165) is 22.1 Å². The Morgan fingerprint density at radius 3 is 2.73 bits per heavy atom. The van der Waals surface area contributed by atoms with Crippen molar-refractivity contribution in [2.24, 2.45) is 0 Å². The topological polar surface area (TPSA) is 93.4 Å². The predicted octanol–water partition coefficient (Wildman–Crippen LogP) is 2.62. The zero-order chi connectivity index (χ0) is 19.3. The number of ether oxygens (including phenoxy) is 1. The highest BCUT2D eigenvalue weighted by molar-refractivity contribution is 6.33. The molecule has 0 radical (unpaired) electrons. The second-order valence-electron chi connectivity index (χ2n) is 7.05. The number of amides is 1. The first-order chi connectivity index (χ1) is 12.0. The third-order valence-corrected chi connectivity index (χ3v) is 4.22. The van der Waals surface area contributed by atoms with Crippen LogP contribution in [0.3, 0.4) is 0 Å². The van der Waals surface area contributed by atoms with Gasteiger partial charge >= 0.3 is 6.09 Å². The molecule has 1 saturated heterocycles. The van der Waals surface area contributed by atoms with Crippen molar-refractivity contribution in [2.75, 3.05) is 6.61 Å². The third-order valence-electron chi connectivity index (χ3n) is 3.94. The van der Waals surface area contributed by atoms with Crippen molar-refractivity contribution in [2.45, 2.75) is 50.9 Å². The second-order valence-corrected chi connectivity index (χ2v) is 7.41. The molecular weight excluding hydrogens is 372 g/mol. The number of alkyl halides is 2. The average molecular weight is 390 g/mol. The minimum Gasteiger partial charge on any atom is -0.444 e. The highest BCUT2D eigenvalue weighted by atomic mass is 35.5. The third kappa shape index (κ3) is 3.18. The Morgan fingerprint density at radius 1 is 1.42 bits per heavy atom. The molecule has 0 unspecified atom stereocenters. The smallest absolute Gasteiger partial charge is 0.412 e. The minimum absolute atomic E-state index is 0.0695. The van der Waals surface area contributed by atoms with Gasteiger partial charge in [-0.3, -0.25) is 9.47 Å². The first-order valence-electron chi connectivity index (χ1n) is 7.88. The van der Waals surface area contributed by atoms with Gasteiger partial charge in [-0.05, 0) is 20.8 Å². The summed E-state index contributed by atoms with van der Waals surface area (Å²) in [4.78, 5) is 25.1. The van der Waals surface area contributed by atoms with Crippen LogP contribution in [0.2, 0.25) is 5.15 Å². The molecule has 142 valence electrons. The van der Waals surface area contributed by atoms with E-state index in [-0.39, 0.29) is 16.3 Å². The average Bonchev–Trinajstić information content (AvgIpc) is 3.04. The number of imidazole rings is 1. The lowest BCUT2D eigenvalue weighted by molar-refractivity contribution is -0.0678. The molecule has 1 aliphatic rings. The van der Waals surface area contributed by atoms with Crippen LogP contribution in [0.1, 0.15) is 33.4 Å². The molecule has 0 spiro atoms. The summed E-state index contributed by atoms with van der Waals surface area (Å²) in [6, 6.07) is -1.12. The standard InChI is InChI=1S/C15H18ClF2N5O3/c1-14(2,3)26-13(25)23-8(5-24)4-15(17,18)12(23)22-7-21-11-9(22)10(16)19-6-20-11/h6-8,12,24H,4-5H2,1-3H3/t8-,12+/m0/s1. The van der Waals surface area contributed by atoms with E-state index < -0.39 is 42.9 Å². The summed E-state index contributed by atoms with van der Waals surface area (Å²) in [5, 5.41) is 9.47. The first kappa shape index (κ1) is 18.7. The molecule has 3 rings (SSSR count). The number of carbonyl (C=O) groups is 1. The molecule has 0 saturated carbocycles. The molecule has 26 heavy (non-hydrogen) atoms. The number of carbonyl (C=O) groups excluding carboxylic acids is 1. The number of hydrogen-bond donors (Lipinski definition) is 1. The zero-order valence-corrected chi connectivity index (χ0v) is 15.1. The van der Waals surface area contributed by atoms with Crippen LogP contribution in [0.25, 0.3) is 11.2 Å². The van der Waals surface area contributed by atoms with Crippen molar-refractivity contribution in [1.82, 2.24) is 24.4 Å². The molecule has 1 N–H and O–H groups in total. The first-order valence-corrected chi connectivity index (χ1v) is 8.26. The quantitative estimate of drug-likeness (QED) is 0.793. The highest BCUT2D eigenvalue weighted by Gasteiger charge is 2.58. The molecule has 2 atom stereocenters. The number of likely N-dealkylation sites (tertiary alicyclic amines) is 1. The van der Waals surface area contributed by atoms with Gasteiger partial charge in [-0.25, -0.2) is 28.5 Å². The number of rotatable bonds is 2. The van der Waals surface area contributed by atoms with Crippen molar-refractivity contribution < 1.29 is 23.4 Å². The largest absolute Gasteiger partial charge is 0.444 e. The lowest BCUT2D eigenvalue weighted by Gasteiger charge is -2.33. The Morgan fingerprint density at radius 2 is 2.12 bits per heavy atom. The Kier molecular flexibility index (Phi) is 4.51. The molecule has 0 aliphatic carbocycles. The van der Waals surface area contributed by atoms with Gasteiger partial charge in [0.05, 0.1) is 19.0 Å². The van der Waals surface area contributed by atoms with Gasteiger partial charge in [-0.15, -0.1) is 0 Å². The Bertz CT molecular complexity index is 838. The van der Waals surface area contributed by atoms with E-state index in [1.165, 1.54) is 0 Å². The maximum absolute atomic E-state index is 14.8. The van der Waals surface area contributed by atoms with Crippen LogP contribution < -0.4 is 0 Å². The van der Waals surface area contributed by atoms with Crippen LogP contribution in [0, 0.1) is 0 Å². The monoisotopic (exact) mass is 389 g/mol. The summed E-state index contributed by atoms with van der Waals surface area (Å²) in [6.07, 6.45) is -1.17. The highest BCUT2D eigenvalue weighted by Crippen LogP contribution is 2.46. The second kappa shape index (κ2) is 6.27. The lowest BCUT2D eigenvalue weighted by atomic mass is 10.2. The van der Waals surface area contributed by atoms with Crippen LogP contribution >= 0.6 is 11.6 Å². The summed E-state index contributed by atoms with van der Waals surface area (Å²) in [5.41, 5.74) is -0.694. The van der Waals surface area contributed by atoms with E-state index in [0.29, 0.717) is 0 Å². The molecule has 3 heterocycles. The van der Waals surface area contributed by atoms with E-state index in [2.05, 4.69) is 15.0 Å². The van der Waals surface area contributed by atoms with E-state index in [9.17, 15) is 18.7 Å². The molecule has 8 nitrogen and oxygen atoms in total. The van der Waals surface area contributed by atoms with Crippen molar-refractivity contribution in [1.29, 1.82) is 0 Å². The number of aliphatic hydroxyl groups is 1. The lowest BCUT2D eigenvalue weighted by Crippen LogP contribution is -2.45. The summed E-state index contributed by atoms with van der Waals surface area (Å²) in [6.45, 7) is 4.24. The van der Waals surface area contributed by atoms with Gasteiger partial charge in [0.2, 0.25) is 0 Å². The normalized spacial score (nSPS) is 22.8. The molecule has 0 aromatic carbocycles. The van der Waals surface area contributed by atoms with Crippen molar-refractivity contribution in [3.05, 3.63) is 17.8 Å². The van der Waals surface area contributed by atoms with Crippen LogP contribution in [0.15, 0.2) is 12.7 Å². The fourth-order valence-corrected chi connectivity index (χ4v) is 3.23. The molecule has 1 fully saturated rings. The molecule has 0 bridgehead atoms. The van der Waals surface area contributed by atoms with Crippen molar-refractivity contribution >= 4 is 28.9 Å². The Hall–Kier alpha value is -2.07. The molecule has 1 aliphatic heterocycles. The van der Waals surface area contributed by atoms with Crippen LogP contribution in [0.5, 0.6) is 0 Å². The summed E-state index contributed by atoms with van der Waals surface area (Å²) in [5.74, 6) is -3.35. The van der Waals surface area contributed by atoms with Gasteiger partial charge in [0.15, 0.2) is 17.0 Å². The van der Waals surface area contributed by atoms with Gasteiger partial charge in [0, 0.05) is 6.42 Å². The number of hydrogen-bond acceptors (Lipinski definition) is 6. The number of nitrogens with zero attached hydrogens (tertiary/aromatic N) is 5. The molecule has 1 amide bonds. The van der Waals surface area contributed by atoms with Gasteiger partial charge in [-0.2, -0.15) is 0 Å². The zero-order valence-electron chi connectivity index (χ0n) is 14.4. The minimum atomic E-state index is -3.35. The van der Waals surface area contributed by atoms with Crippen LogP contribution in [-0.4, -0.2) is 59.8 Å². The molecule has 11 heteroatoms. The number of fused-ring (bicyclic) bond motifs is 1. The summed E-state index contributed by atoms with van der Waals surface area (Å²) < 4.78 is 36.0. The predicted molar refractivity (Wildman–Crippen MR) is 87.9 cm³/mol. The molecule has 2 aromatic heterocycles. The van der Waals surface area contributed by atoms with Gasteiger partial charge in [0.1, 0.15) is 17.4 Å². The fourth-order valence-electron chi connectivity index (χ4n) is 3.00. The van der Waals surface area contributed by atoms with Crippen molar-refractivity contribution in [3.63, 3.8) is 0 Å². The fraction of sp³-hybridized carbons (Fsp3) is 0.600. The molecule has 2 aromatic rings. The van der Waals surface area contributed by atoms with E-state index in [1.807, 2.05) is 0 Å². The SMILES string of the molecule is CC(C)(C)OC(=O)N1[C@H](CO)CC(F)(F)[C@@H]1n1cnc2ncnc(Cl)c21. The van der Waals surface area contributed by atoms with E-state index in [1.54, 1.807) is 20.8 Å².